The molecule has 0 aliphatic carbocycles. The molecule has 2 aromatic heterocycles. The molecular weight excluding hydrogens is 490 g/mol. The van der Waals surface area contributed by atoms with Crippen molar-refractivity contribution in [2.45, 2.75) is 76.8 Å². The number of hydrogen-bond donors (Lipinski definition) is 3. The van der Waals surface area contributed by atoms with Gasteiger partial charge in [-0.2, -0.15) is 10.4 Å². The second-order valence-electron chi connectivity index (χ2n) is 8.38. The zero-order valence-corrected chi connectivity index (χ0v) is 20.6. The Kier molecular flexibility index (Phi) is 11.4. The summed E-state index contributed by atoms with van der Waals surface area (Å²) in [5.74, 6) is -1.44. The standard InChI is InChI=1S/C23H31N5O9/c1-14(2)36-23(33)34-11-17(35-12-24)21(37-19(31)8-6-4-3-5-7-18(29)30)20(32)15-9-10-16-22(25)26-13-27-28(15)16/h9-10,13-14,17,20-21,32H,3-8,11H2,1-2H3,(H,29,30)(H2,25,26,27)/t17-,20+,21-/m1/s1. The molecule has 2 aromatic rings. The van der Waals surface area contributed by atoms with E-state index < -0.39 is 49.1 Å². The molecule has 14 nitrogen and oxygen atoms in total. The number of nitrogen functional groups attached to an aromatic ring is 1. The van der Waals surface area contributed by atoms with Crippen LogP contribution >= 0.6 is 0 Å². The third kappa shape index (κ3) is 9.12. The number of esters is 1. The molecule has 0 saturated carbocycles. The lowest BCUT2D eigenvalue weighted by Gasteiger charge is -2.28. The van der Waals surface area contributed by atoms with Crippen molar-refractivity contribution in [3.63, 3.8) is 0 Å². The molecule has 0 amide bonds. The van der Waals surface area contributed by atoms with Gasteiger partial charge in [0.25, 0.3) is 6.26 Å². The third-order valence-corrected chi connectivity index (χ3v) is 5.18. The zero-order chi connectivity index (χ0) is 27.4. The van der Waals surface area contributed by atoms with Crippen LogP contribution in [0.2, 0.25) is 0 Å². The first-order valence-electron chi connectivity index (χ1n) is 11.7. The van der Waals surface area contributed by atoms with Crippen LogP contribution < -0.4 is 5.73 Å². The van der Waals surface area contributed by atoms with Gasteiger partial charge in [-0.3, -0.25) is 9.59 Å². The number of aliphatic hydroxyl groups excluding tert-OH is 1. The zero-order valence-electron chi connectivity index (χ0n) is 20.6. The van der Waals surface area contributed by atoms with Crippen molar-refractivity contribution in [2.24, 2.45) is 0 Å². The predicted molar refractivity (Wildman–Crippen MR) is 126 cm³/mol. The first-order valence-corrected chi connectivity index (χ1v) is 11.7. The average Bonchev–Trinajstić information content (AvgIpc) is 3.27. The summed E-state index contributed by atoms with van der Waals surface area (Å²) in [6, 6.07) is 3.05. The second-order valence-corrected chi connectivity index (χ2v) is 8.38. The Bertz CT molecular complexity index is 1100. The second kappa shape index (κ2) is 14.4. The Morgan fingerprint density at radius 1 is 1.14 bits per heavy atom. The van der Waals surface area contributed by atoms with E-state index in [1.807, 2.05) is 0 Å². The van der Waals surface area contributed by atoms with Gasteiger partial charge >= 0.3 is 18.1 Å². The molecule has 3 atom stereocenters. The van der Waals surface area contributed by atoms with E-state index in [2.05, 4.69) is 10.1 Å². The number of fused-ring (bicyclic) bond motifs is 1. The maximum Gasteiger partial charge on any atom is 0.508 e. The summed E-state index contributed by atoms with van der Waals surface area (Å²) in [4.78, 5) is 39.0. The van der Waals surface area contributed by atoms with Crippen LogP contribution in [0.1, 0.15) is 64.2 Å². The summed E-state index contributed by atoms with van der Waals surface area (Å²) >= 11 is 0. The Hall–Kier alpha value is -4.12. The van der Waals surface area contributed by atoms with Crippen LogP contribution in [-0.4, -0.2) is 67.8 Å². The molecule has 0 unspecified atom stereocenters. The van der Waals surface area contributed by atoms with Crippen LogP contribution in [0, 0.1) is 11.5 Å². The number of nitriles is 1. The van der Waals surface area contributed by atoms with Crippen molar-refractivity contribution in [1.29, 1.82) is 5.26 Å². The first-order chi connectivity index (χ1) is 17.6. The van der Waals surface area contributed by atoms with E-state index in [1.54, 1.807) is 19.9 Å². The maximum absolute atomic E-state index is 12.6. The van der Waals surface area contributed by atoms with Gasteiger partial charge in [-0.25, -0.2) is 14.3 Å². The Morgan fingerprint density at radius 2 is 1.84 bits per heavy atom. The number of rotatable bonds is 15. The van der Waals surface area contributed by atoms with Gasteiger partial charge in [0, 0.05) is 12.8 Å². The molecule has 2 heterocycles. The number of ether oxygens (including phenoxy) is 4. The van der Waals surface area contributed by atoms with Crippen LogP contribution in [0.5, 0.6) is 0 Å². The van der Waals surface area contributed by atoms with Gasteiger partial charge in [-0.1, -0.05) is 12.8 Å². The lowest BCUT2D eigenvalue weighted by Crippen LogP contribution is -2.41. The lowest BCUT2D eigenvalue weighted by atomic mass is 10.0. The minimum absolute atomic E-state index is 0.0319. The highest BCUT2D eigenvalue weighted by Gasteiger charge is 2.37. The van der Waals surface area contributed by atoms with Gasteiger partial charge in [-0.05, 0) is 38.8 Å². The van der Waals surface area contributed by atoms with Crippen LogP contribution in [0.4, 0.5) is 10.6 Å². The van der Waals surface area contributed by atoms with Crippen molar-refractivity contribution in [3.05, 3.63) is 24.2 Å². The smallest absolute Gasteiger partial charge is 0.481 e. The number of carboxylic acid groups (broad SMARTS) is 1. The number of aliphatic hydroxyl groups is 1. The maximum atomic E-state index is 12.6. The molecule has 14 heteroatoms. The van der Waals surface area contributed by atoms with Crippen LogP contribution in [0.25, 0.3) is 5.52 Å². The summed E-state index contributed by atoms with van der Waals surface area (Å²) < 4.78 is 21.7. The number of unbranched alkanes of at least 4 members (excludes halogenated alkanes) is 3. The largest absolute Gasteiger partial charge is 0.508 e. The molecule has 0 bridgehead atoms. The van der Waals surface area contributed by atoms with E-state index in [9.17, 15) is 19.5 Å². The van der Waals surface area contributed by atoms with E-state index in [4.69, 9.17) is 35.0 Å². The fraction of sp³-hybridized carbons (Fsp3) is 0.565. The van der Waals surface area contributed by atoms with Crippen LogP contribution in [-0.2, 0) is 28.5 Å². The summed E-state index contributed by atoms with van der Waals surface area (Å²) in [6.45, 7) is 2.67. The third-order valence-electron chi connectivity index (χ3n) is 5.18. The predicted octanol–water partition coefficient (Wildman–Crippen LogP) is 2.11. The van der Waals surface area contributed by atoms with Gasteiger partial charge in [0.15, 0.2) is 18.0 Å². The van der Waals surface area contributed by atoms with Gasteiger partial charge in [-0.15, -0.1) is 0 Å². The Labute approximate surface area is 212 Å². The van der Waals surface area contributed by atoms with Gasteiger partial charge in [0.1, 0.15) is 24.6 Å². The van der Waals surface area contributed by atoms with Gasteiger partial charge in [0.05, 0.1) is 11.8 Å². The van der Waals surface area contributed by atoms with E-state index in [0.717, 1.165) is 0 Å². The molecule has 37 heavy (non-hydrogen) atoms. The highest BCUT2D eigenvalue weighted by molar-refractivity contribution is 5.70. The molecule has 0 aliphatic rings. The van der Waals surface area contributed by atoms with Crippen molar-refractivity contribution in [2.75, 3.05) is 12.3 Å². The molecule has 0 saturated heterocycles. The average molecular weight is 522 g/mol. The minimum Gasteiger partial charge on any atom is -0.481 e. The fourth-order valence-electron chi connectivity index (χ4n) is 3.46. The number of aliphatic carboxylic acids is 1. The van der Waals surface area contributed by atoms with E-state index in [-0.39, 0.29) is 24.4 Å². The Balaban J connectivity index is 2.19. The van der Waals surface area contributed by atoms with Crippen LogP contribution in [0.15, 0.2) is 18.5 Å². The number of anilines is 1. The van der Waals surface area contributed by atoms with E-state index >= 15 is 0 Å². The number of carboxylic acids is 1. The first kappa shape index (κ1) is 29.1. The normalized spacial score (nSPS) is 13.4. The van der Waals surface area contributed by atoms with E-state index in [0.29, 0.717) is 31.2 Å². The number of hydrogen-bond acceptors (Lipinski definition) is 12. The number of nitrogens with two attached hydrogens (primary N) is 1. The number of nitrogens with zero attached hydrogens (tertiary/aromatic N) is 4. The molecule has 0 spiro atoms. The molecule has 0 radical (unpaired) electrons. The highest BCUT2D eigenvalue weighted by Crippen LogP contribution is 2.27. The summed E-state index contributed by atoms with van der Waals surface area (Å²) in [7, 11) is 0. The molecule has 202 valence electrons. The molecule has 0 aliphatic heterocycles. The lowest BCUT2D eigenvalue weighted by molar-refractivity contribution is -0.168. The highest BCUT2D eigenvalue weighted by atomic mass is 16.7. The van der Waals surface area contributed by atoms with Crippen molar-refractivity contribution in [3.8, 4) is 6.26 Å². The van der Waals surface area contributed by atoms with Crippen LogP contribution in [0.3, 0.4) is 0 Å². The quantitative estimate of drug-likeness (QED) is 0.174. The molecule has 2 rings (SSSR count). The minimum atomic E-state index is -1.57. The molecule has 0 fully saturated rings. The monoisotopic (exact) mass is 521 g/mol. The molecule has 4 N–H and O–H groups in total. The number of carbonyl (C=O) groups excluding carboxylic acids is 2. The fourth-order valence-corrected chi connectivity index (χ4v) is 3.46. The van der Waals surface area contributed by atoms with Gasteiger partial charge in [0.2, 0.25) is 0 Å². The molecule has 0 aromatic carbocycles. The van der Waals surface area contributed by atoms with Crippen molar-refractivity contribution < 1.29 is 43.5 Å². The van der Waals surface area contributed by atoms with Crippen molar-refractivity contribution >= 4 is 29.4 Å². The summed E-state index contributed by atoms with van der Waals surface area (Å²) in [6.07, 6.45) is -1.15. The van der Waals surface area contributed by atoms with Gasteiger partial charge < -0.3 is 34.9 Å². The van der Waals surface area contributed by atoms with E-state index in [1.165, 1.54) is 23.2 Å². The SMILES string of the molecule is CC(C)OC(=O)OC[C@@H](OC#N)[C@@H](OC(=O)CCCCCCC(=O)O)[C@@H](O)c1ccc2c(N)ncnn12. The summed E-state index contributed by atoms with van der Waals surface area (Å²) in [5, 5.41) is 33.1. The topological polar surface area (TPSA) is 209 Å². The Morgan fingerprint density at radius 3 is 2.49 bits per heavy atom. The van der Waals surface area contributed by atoms with Crippen molar-refractivity contribution in [1.82, 2.24) is 14.6 Å². The number of carbonyl (C=O) groups is 3. The summed E-state index contributed by atoms with van der Waals surface area (Å²) in [5.41, 5.74) is 6.40. The number of aromatic nitrogens is 3. The molecular formula is C23H31N5O9.